The van der Waals surface area contributed by atoms with E-state index >= 15 is 0 Å². The highest BCUT2D eigenvalue weighted by molar-refractivity contribution is 5.77. The van der Waals surface area contributed by atoms with Crippen molar-refractivity contribution in [3.8, 4) is 17.2 Å². The van der Waals surface area contributed by atoms with Crippen LogP contribution >= 0.6 is 0 Å². The van der Waals surface area contributed by atoms with Crippen LogP contribution in [0.1, 0.15) is 11.1 Å². The van der Waals surface area contributed by atoms with E-state index in [-0.39, 0.29) is 12.5 Å². The van der Waals surface area contributed by atoms with E-state index in [9.17, 15) is 9.18 Å². The maximum atomic E-state index is 13.0. The topological polar surface area (TPSA) is 56.8 Å². The first-order valence-electron chi connectivity index (χ1n) is 8.16. The van der Waals surface area contributed by atoms with Crippen molar-refractivity contribution in [2.75, 3.05) is 26.4 Å². The number of hydrogen-bond acceptors (Lipinski definition) is 4. The van der Waals surface area contributed by atoms with Crippen LogP contribution in [0.25, 0.3) is 0 Å². The van der Waals surface area contributed by atoms with Crippen molar-refractivity contribution < 1.29 is 23.4 Å². The highest BCUT2D eigenvalue weighted by Crippen LogP contribution is 2.33. The second kappa shape index (κ2) is 7.88. The Kier molecular flexibility index (Phi) is 5.38. The van der Waals surface area contributed by atoms with Gasteiger partial charge < -0.3 is 19.5 Å². The first kappa shape index (κ1) is 17.1. The van der Waals surface area contributed by atoms with Gasteiger partial charge in [-0.3, -0.25) is 4.79 Å². The number of ether oxygens (including phenoxy) is 3. The molecule has 0 aromatic heterocycles. The van der Waals surface area contributed by atoms with E-state index in [2.05, 4.69) is 5.32 Å². The molecular weight excluding hydrogens is 325 g/mol. The second-order valence-electron chi connectivity index (χ2n) is 5.77. The van der Waals surface area contributed by atoms with Gasteiger partial charge >= 0.3 is 0 Å². The van der Waals surface area contributed by atoms with Gasteiger partial charge in [-0.15, -0.1) is 0 Å². The Morgan fingerprint density at radius 1 is 1.20 bits per heavy atom. The zero-order valence-corrected chi connectivity index (χ0v) is 14.0. The smallest absolute Gasteiger partial charge is 0.257 e. The summed E-state index contributed by atoms with van der Waals surface area (Å²) < 4.78 is 29.4. The van der Waals surface area contributed by atoms with Gasteiger partial charge in [0.25, 0.3) is 5.91 Å². The lowest BCUT2D eigenvalue weighted by molar-refractivity contribution is -0.123. The monoisotopic (exact) mass is 345 g/mol. The summed E-state index contributed by atoms with van der Waals surface area (Å²) in [5.74, 6) is 1.19. The number of carbonyl (C=O) groups is 1. The molecule has 6 heteroatoms. The predicted octanol–water partition coefficient (Wildman–Crippen LogP) is 2.64. The molecule has 132 valence electrons. The number of aryl methyl sites for hydroxylation is 1. The van der Waals surface area contributed by atoms with Crippen molar-refractivity contribution in [2.45, 2.75) is 13.3 Å². The number of rotatable bonds is 6. The minimum absolute atomic E-state index is 0.149. The van der Waals surface area contributed by atoms with Gasteiger partial charge in [-0.05, 0) is 48.7 Å². The summed E-state index contributed by atoms with van der Waals surface area (Å²) in [5, 5.41) is 2.79. The molecule has 2 aromatic rings. The van der Waals surface area contributed by atoms with Crippen LogP contribution in [-0.4, -0.2) is 32.3 Å². The van der Waals surface area contributed by atoms with Crippen LogP contribution in [0.4, 0.5) is 4.39 Å². The number of carbonyl (C=O) groups excluding carboxylic acids is 1. The average Bonchev–Trinajstić information content (AvgIpc) is 2.60. The molecular formula is C19H20FNO4. The molecule has 3 rings (SSSR count). The third-order valence-electron chi connectivity index (χ3n) is 3.88. The highest BCUT2D eigenvalue weighted by Gasteiger charge is 2.14. The molecule has 0 atom stereocenters. The molecule has 5 nitrogen and oxygen atoms in total. The number of fused-ring (bicyclic) bond motifs is 1. The van der Waals surface area contributed by atoms with Gasteiger partial charge in [-0.1, -0.05) is 6.07 Å². The third kappa shape index (κ3) is 4.62. The quantitative estimate of drug-likeness (QED) is 0.874. The van der Waals surface area contributed by atoms with Crippen LogP contribution in [0.3, 0.4) is 0 Å². The van der Waals surface area contributed by atoms with E-state index in [0.29, 0.717) is 31.9 Å². The second-order valence-corrected chi connectivity index (χ2v) is 5.77. The van der Waals surface area contributed by atoms with Gasteiger partial charge in [0, 0.05) is 12.6 Å². The maximum absolute atomic E-state index is 13.0. The van der Waals surface area contributed by atoms with E-state index in [1.54, 1.807) is 6.07 Å². The summed E-state index contributed by atoms with van der Waals surface area (Å²) in [5.41, 5.74) is 2.19. The Morgan fingerprint density at radius 2 is 1.96 bits per heavy atom. The molecule has 1 amide bonds. The molecule has 0 unspecified atom stereocenters. The molecule has 0 aliphatic carbocycles. The summed E-state index contributed by atoms with van der Waals surface area (Å²) >= 11 is 0. The number of halogens is 1. The first-order chi connectivity index (χ1) is 12.1. The molecule has 2 aromatic carbocycles. The van der Waals surface area contributed by atoms with Crippen molar-refractivity contribution in [1.29, 1.82) is 0 Å². The highest BCUT2D eigenvalue weighted by atomic mass is 19.1. The van der Waals surface area contributed by atoms with E-state index in [4.69, 9.17) is 14.2 Å². The van der Waals surface area contributed by atoms with Crippen LogP contribution in [0.2, 0.25) is 0 Å². The summed E-state index contributed by atoms with van der Waals surface area (Å²) in [6.07, 6.45) is 0.675. The van der Waals surface area contributed by atoms with Gasteiger partial charge in [0.15, 0.2) is 18.1 Å². The van der Waals surface area contributed by atoms with Crippen molar-refractivity contribution in [1.82, 2.24) is 5.32 Å². The van der Waals surface area contributed by atoms with Crippen molar-refractivity contribution in [3.63, 3.8) is 0 Å². The molecule has 0 fully saturated rings. The lowest BCUT2D eigenvalue weighted by Gasteiger charge is -2.20. The van der Waals surface area contributed by atoms with Gasteiger partial charge in [-0.2, -0.15) is 0 Å². The molecule has 0 saturated carbocycles. The molecule has 1 heterocycles. The Labute approximate surface area is 145 Å². The lowest BCUT2D eigenvalue weighted by Crippen LogP contribution is -2.30. The largest absolute Gasteiger partial charge is 0.486 e. The molecule has 25 heavy (non-hydrogen) atoms. The Hall–Kier alpha value is -2.76. The first-order valence-corrected chi connectivity index (χ1v) is 8.16. The fourth-order valence-electron chi connectivity index (χ4n) is 2.60. The minimum Gasteiger partial charge on any atom is -0.486 e. The van der Waals surface area contributed by atoms with E-state index in [1.807, 2.05) is 19.1 Å². The molecule has 0 bridgehead atoms. The average molecular weight is 345 g/mol. The summed E-state index contributed by atoms with van der Waals surface area (Å²) in [4.78, 5) is 11.8. The Morgan fingerprint density at radius 3 is 2.72 bits per heavy atom. The minimum atomic E-state index is -0.396. The molecule has 0 radical (unpaired) electrons. The van der Waals surface area contributed by atoms with Crippen LogP contribution < -0.4 is 19.5 Å². The SMILES string of the molecule is Cc1cc2c(cc1CCNC(=O)COc1cccc(F)c1)OCCO2. The van der Waals surface area contributed by atoms with Crippen LogP contribution in [0, 0.1) is 12.7 Å². The van der Waals surface area contributed by atoms with Gasteiger partial charge in [0.05, 0.1) is 0 Å². The van der Waals surface area contributed by atoms with Crippen molar-refractivity contribution in [3.05, 3.63) is 53.3 Å². The fourth-order valence-corrected chi connectivity index (χ4v) is 2.60. The normalized spacial score (nSPS) is 12.6. The Bertz CT molecular complexity index is 763. The Balaban J connectivity index is 1.47. The van der Waals surface area contributed by atoms with Gasteiger partial charge in [0.1, 0.15) is 24.8 Å². The van der Waals surface area contributed by atoms with Crippen LogP contribution in [0.5, 0.6) is 17.2 Å². The molecule has 0 spiro atoms. The molecule has 1 aliphatic heterocycles. The predicted molar refractivity (Wildman–Crippen MR) is 90.8 cm³/mol. The van der Waals surface area contributed by atoms with E-state index in [0.717, 1.165) is 22.6 Å². The molecule has 1 aliphatic rings. The van der Waals surface area contributed by atoms with Gasteiger partial charge in [-0.25, -0.2) is 4.39 Å². The van der Waals surface area contributed by atoms with Crippen LogP contribution in [-0.2, 0) is 11.2 Å². The van der Waals surface area contributed by atoms with E-state index in [1.165, 1.54) is 18.2 Å². The van der Waals surface area contributed by atoms with E-state index < -0.39 is 5.82 Å². The zero-order chi connectivity index (χ0) is 17.6. The third-order valence-corrected chi connectivity index (χ3v) is 3.88. The fraction of sp³-hybridized carbons (Fsp3) is 0.316. The molecule has 1 N–H and O–H groups in total. The number of hydrogen-bond donors (Lipinski definition) is 1. The van der Waals surface area contributed by atoms with Gasteiger partial charge in [0.2, 0.25) is 0 Å². The van der Waals surface area contributed by atoms with Crippen LogP contribution in [0.15, 0.2) is 36.4 Å². The number of nitrogens with one attached hydrogen (secondary N) is 1. The summed E-state index contributed by atoms with van der Waals surface area (Å²) in [7, 11) is 0. The number of benzene rings is 2. The standard InChI is InChI=1S/C19H20FNO4/c1-13-9-17-18(24-8-7-23-17)10-14(13)5-6-21-19(22)12-25-16-4-2-3-15(20)11-16/h2-4,9-11H,5-8,12H2,1H3,(H,21,22). The summed E-state index contributed by atoms with van der Waals surface area (Å²) in [6.45, 7) is 3.44. The zero-order valence-electron chi connectivity index (χ0n) is 14.0. The number of amides is 1. The lowest BCUT2D eigenvalue weighted by atomic mass is 10.0. The molecule has 0 saturated heterocycles. The van der Waals surface area contributed by atoms with Crippen molar-refractivity contribution >= 4 is 5.91 Å². The maximum Gasteiger partial charge on any atom is 0.257 e. The van der Waals surface area contributed by atoms with Crippen molar-refractivity contribution in [2.24, 2.45) is 0 Å². The summed E-state index contributed by atoms with van der Waals surface area (Å²) in [6, 6.07) is 9.62.